The van der Waals surface area contributed by atoms with Gasteiger partial charge >= 0.3 is 0 Å². The zero-order valence-electron chi connectivity index (χ0n) is 14.1. The summed E-state index contributed by atoms with van der Waals surface area (Å²) in [6, 6.07) is 14.0. The Balaban J connectivity index is 1.60. The topological polar surface area (TPSA) is 57.8 Å². The predicted molar refractivity (Wildman–Crippen MR) is 102 cm³/mol. The lowest BCUT2D eigenvalue weighted by Gasteiger charge is -2.11. The molecule has 24 heavy (non-hydrogen) atoms. The van der Waals surface area contributed by atoms with Gasteiger partial charge in [-0.2, -0.15) is 0 Å². The van der Waals surface area contributed by atoms with E-state index in [4.69, 9.17) is 0 Å². The number of anilines is 1. The molecule has 0 spiro atoms. The molecule has 0 aliphatic rings. The summed E-state index contributed by atoms with van der Waals surface area (Å²) in [6.45, 7) is 6.08. The second-order valence-electron chi connectivity index (χ2n) is 5.96. The average Bonchev–Trinajstić information content (AvgIpc) is 3.00. The summed E-state index contributed by atoms with van der Waals surface area (Å²) in [4.78, 5) is 20.1. The fourth-order valence-electron chi connectivity index (χ4n) is 2.50. The number of aryl methyl sites for hydroxylation is 2. The van der Waals surface area contributed by atoms with E-state index in [9.17, 15) is 4.79 Å². The molecule has 2 N–H and O–H groups in total. The Kier molecular flexibility index (Phi) is 4.90. The van der Waals surface area contributed by atoms with Crippen LogP contribution in [0.3, 0.4) is 0 Å². The van der Waals surface area contributed by atoms with Crippen LogP contribution in [-0.2, 0) is 4.79 Å². The van der Waals surface area contributed by atoms with Crippen LogP contribution in [0.5, 0.6) is 0 Å². The van der Waals surface area contributed by atoms with Crippen LogP contribution in [0.4, 0.5) is 5.69 Å². The van der Waals surface area contributed by atoms with Crippen LogP contribution in [0.25, 0.3) is 11.0 Å². The maximum absolute atomic E-state index is 12.2. The molecule has 1 heterocycles. The van der Waals surface area contributed by atoms with Crippen molar-refractivity contribution >= 4 is 34.4 Å². The van der Waals surface area contributed by atoms with E-state index in [1.165, 1.54) is 0 Å². The molecule has 0 radical (unpaired) electrons. The first kappa shape index (κ1) is 16.6. The number of carbonyl (C=O) groups excluding carboxylic acids is 1. The molecular weight excluding hydrogens is 318 g/mol. The van der Waals surface area contributed by atoms with Gasteiger partial charge in [0.25, 0.3) is 0 Å². The van der Waals surface area contributed by atoms with E-state index >= 15 is 0 Å². The van der Waals surface area contributed by atoms with Gasteiger partial charge in [0, 0.05) is 5.69 Å². The van der Waals surface area contributed by atoms with Crippen LogP contribution < -0.4 is 5.32 Å². The number of nitrogens with zero attached hydrogens (tertiary/aromatic N) is 1. The van der Waals surface area contributed by atoms with Crippen LogP contribution in [-0.4, -0.2) is 21.6 Å². The molecule has 0 fully saturated rings. The molecule has 4 nitrogen and oxygen atoms in total. The number of amides is 1. The van der Waals surface area contributed by atoms with Gasteiger partial charge in [-0.15, -0.1) is 11.8 Å². The molecule has 5 heteroatoms. The van der Waals surface area contributed by atoms with Crippen molar-refractivity contribution in [2.45, 2.75) is 26.0 Å². The van der Waals surface area contributed by atoms with Gasteiger partial charge in [-0.1, -0.05) is 24.3 Å². The Morgan fingerprint density at radius 3 is 2.83 bits per heavy atom. The number of fused-ring (bicyclic) bond motifs is 1. The van der Waals surface area contributed by atoms with E-state index in [-0.39, 0.29) is 11.2 Å². The minimum absolute atomic E-state index is 0.0108. The first-order valence-electron chi connectivity index (χ1n) is 7.96. The maximum Gasteiger partial charge on any atom is 0.234 e. The summed E-state index contributed by atoms with van der Waals surface area (Å²) in [6.07, 6.45) is 0. The number of imidazole rings is 1. The SMILES string of the molecule is Cc1ccc(C)c(NC(=O)CSC(C)c2nc3ccccc3[nH]2)c1. The molecule has 3 rings (SSSR count). The Morgan fingerprint density at radius 1 is 1.25 bits per heavy atom. The molecule has 0 bridgehead atoms. The molecule has 0 saturated carbocycles. The van der Waals surface area contributed by atoms with Crippen LogP contribution in [0, 0.1) is 13.8 Å². The van der Waals surface area contributed by atoms with Crippen LogP contribution in [0.15, 0.2) is 42.5 Å². The standard InChI is InChI=1S/C19H21N3OS/c1-12-8-9-13(2)17(10-12)20-18(23)11-24-14(3)19-21-15-6-4-5-7-16(15)22-19/h4-10,14H,11H2,1-3H3,(H,20,23)(H,21,22). The predicted octanol–water partition coefficient (Wildman–Crippen LogP) is 4.61. The van der Waals surface area contributed by atoms with Crippen molar-refractivity contribution in [1.29, 1.82) is 0 Å². The number of carbonyl (C=O) groups is 1. The number of hydrogen-bond acceptors (Lipinski definition) is 3. The summed E-state index contributed by atoms with van der Waals surface area (Å²) in [5.74, 6) is 1.31. The summed E-state index contributed by atoms with van der Waals surface area (Å²) < 4.78 is 0. The zero-order valence-corrected chi connectivity index (χ0v) is 14.9. The lowest BCUT2D eigenvalue weighted by molar-refractivity contribution is -0.113. The van der Waals surface area contributed by atoms with Crippen molar-refractivity contribution in [1.82, 2.24) is 9.97 Å². The molecule has 0 saturated heterocycles. The third-order valence-electron chi connectivity index (χ3n) is 3.92. The van der Waals surface area contributed by atoms with E-state index in [0.29, 0.717) is 5.75 Å². The molecule has 0 aliphatic heterocycles. The van der Waals surface area contributed by atoms with Gasteiger partial charge in [-0.25, -0.2) is 4.98 Å². The molecule has 124 valence electrons. The van der Waals surface area contributed by atoms with Gasteiger partial charge in [0.15, 0.2) is 0 Å². The third kappa shape index (κ3) is 3.79. The highest BCUT2D eigenvalue weighted by Crippen LogP contribution is 2.28. The number of para-hydroxylation sites is 2. The normalized spacial score (nSPS) is 12.3. The number of aromatic nitrogens is 2. The highest BCUT2D eigenvalue weighted by atomic mass is 32.2. The van der Waals surface area contributed by atoms with Gasteiger partial charge in [-0.05, 0) is 50.1 Å². The first-order chi connectivity index (χ1) is 11.5. The molecule has 1 unspecified atom stereocenters. The van der Waals surface area contributed by atoms with Crippen molar-refractivity contribution < 1.29 is 4.79 Å². The smallest absolute Gasteiger partial charge is 0.234 e. The van der Waals surface area contributed by atoms with Crippen LogP contribution >= 0.6 is 11.8 Å². The Morgan fingerprint density at radius 2 is 2.04 bits per heavy atom. The number of hydrogen-bond donors (Lipinski definition) is 2. The van der Waals surface area contributed by atoms with E-state index in [2.05, 4.69) is 22.2 Å². The molecule has 1 amide bonds. The fraction of sp³-hybridized carbons (Fsp3) is 0.263. The van der Waals surface area contributed by atoms with Crippen LogP contribution in [0.2, 0.25) is 0 Å². The van der Waals surface area contributed by atoms with E-state index in [1.54, 1.807) is 11.8 Å². The fourth-order valence-corrected chi connectivity index (χ4v) is 3.24. The van der Waals surface area contributed by atoms with Crippen molar-refractivity contribution in [3.63, 3.8) is 0 Å². The van der Waals surface area contributed by atoms with Gasteiger partial charge in [0.1, 0.15) is 5.82 Å². The molecule has 3 aromatic rings. The van der Waals surface area contributed by atoms with Gasteiger partial charge < -0.3 is 10.3 Å². The number of thioether (sulfide) groups is 1. The number of rotatable bonds is 5. The van der Waals surface area contributed by atoms with Gasteiger partial charge in [-0.3, -0.25) is 4.79 Å². The lowest BCUT2D eigenvalue weighted by atomic mass is 10.1. The van der Waals surface area contributed by atoms with E-state index in [1.807, 2.05) is 56.3 Å². The zero-order chi connectivity index (χ0) is 17.1. The monoisotopic (exact) mass is 339 g/mol. The van der Waals surface area contributed by atoms with Gasteiger partial charge in [0.05, 0.1) is 22.0 Å². The third-order valence-corrected chi connectivity index (χ3v) is 5.08. The maximum atomic E-state index is 12.2. The molecule has 1 aromatic heterocycles. The van der Waals surface area contributed by atoms with Crippen molar-refractivity contribution in [2.75, 3.05) is 11.1 Å². The molecule has 0 aliphatic carbocycles. The summed E-state index contributed by atoms with van der Waals surface area (Å²) in [5, 5.41) is 3.12. The summed E-state index contributed by atoms with van der Waals surface area (Å²) in [5.41, 5.74) is 5.08. The van der Waals surface area contributed by atoms with E-state index < -0.39 is 0 Å². The van der Waals surface area contributed by atoms with Crippen molar-refractivity contribution in [2.24, 2.45) is 0 Å². The second kappa shape index (κ2) is 7.09. The minimum Gasteiger partial charge on any atom is -0.341 e. The highest BCUT2D eigenvalue weighted by Gasteiger charge is 2.14. The summed E-state index contributed by atoms with van der Waals surface area (Å²) >= 11 is 1.58. The second-order valence-corrected chi connectivity index (χ2v) is 7.29. The first-order valence-corrected chi connectivity index (χ1v) is 9.01. The molecule has 1 atom stereocenters. The summed E-state index contributed by atoms with van der Waals surface area (Å²) in [7, 11) is 0. The Labute approximate surface area is 146 Å². The number of H-pyrrole nitrogens is 1. The number of nitrogens with one attached hydrogen (secondary N) is 2. The van der Waals surface area contributed by atoms with E-state index in [0.717, 1.165) is 33.7 Å². The molecule has 2 aromatic carbocycles. The quantitative estimate of drug-likeness (QED) is 0.713. The highest BCUT2D eigenvalue weighted by molar-refractivity contribution is 8.00. The number of benzene rings is 2. The van der Waals surface area contributed by atoms with Crippen molar-refractivity contribution in [3.05, 3.63) is 59.4 Å². The van der Waals surface area contributed by atoms with Crippen LogP contribution in [0.1, 0.15) is 29.1 Å². The largest absolute Gasteiger partial charge is 0.341 e. The average molecular weight is 339 g/mol. The molecular formula is C19H21N3OS. The minimum atomic E-state index is 0.0108. The number of aromatic amines is 1. The Hall–Kier alpha value is -2.27. The van der Waals surface area contributed by atoms with Gasteiger partial charge in [0.2, 0.25) is 5.91 Å². The van der Waals surface area contributed by atoms with Crippen molar-refractivity contribution in [3.8, 4) is 0 Å². The lowest BCUT2D eigenvalue weighted by Crippen LogP contribution is -2.15. The Bertz CT molecular complexity index is 839.